The van der Waals surface area contributed by atoms with E-state index in [2.05, 4.69) is 15.3 Å². The maximum atomic E-state index is 11.6. The Morgan fingerprint density at radius 2 is 2.22 bits per heavy atom. The van der Waals surface area contributed by atoms with Gasteiger partial charge in [0, 0.05) is 30.7 Å². The molecule has 2 heterocycles. The molecule has 6 nitrogen and oxygen atoms in total. The Kier molecular flexibility index (Phi) is 3.27. The van der Waals surface area contributed by atoms with Gasteiger partial charge in [0.2, 0.25) is 0 Å². The fraction of sp³-hybridized carbons (Fsp3) is 0.250. The van der Waals surface area contributed by atoms with E-state index >= 15 is 0 Å². The molecule has 0 aromatic carbocycles. The third-order valence-corrected chi connectivity index (χ3v) is 2.63. The van der Waals surface area contributed by atoms with Gasteiger partial charge in [-0.2, -0.15) is 0 Å². The Morgan fingerprint density at radius 3 is 2.94 bits per heavy atom. The molecule has 94 valence electrons. The second kappa shape index (κ2) is 4.87. The summed E-state index contributed by atoms with van der Waals surface area (Å²) in [6.07, 6.45) is 3.21. The smallest absolute Gasteiger partial charge is 0.328 e. The molecule has 2 aromatic heterocycles. The summed E-state index contributed by atoms with van der Waals surface area (Å²) in [5.74, 6) is 0. The van der Waals surface area contributed by atoms with Crippen LogP contribution in [0.15, 0.2) is 34.1 Å². The summed E-state index contributed by atoms with van der Waals surface area (Å²) < 4.78 is 1.43. The Morgan fingerprint density at radius 1 is 1.44 bits per heavy atom. The van der Waals surface area contributed by atoms with Crippen LogP contribution in [0.1, 0.15) is 11.3 Å². The number of rotatable bonds is 3. The molecule has 0 amide bonds. The first-order chi connectivity index (χ1) is 8.60. The van der Waals surface area contributed by atoms with Crippen molar-refractivity contribution in [1.29, 1.82) is 0 Å². The molecular weight excluding hydrogens is 232 g/mol. The highest BCUT2D eigenvalue weighted by atomic mass is 16.2. The SMILES string of the molecule is CNc1ccnc(Cn2cc(C)c(=O)[nH]c2=O)c1. The van der Waals surface area contributed by atoms with Gasteiger partial charge in [-0.25, -0.2) is 4.79 Å². The van der Waals surface area contributed by atoms with Gasteiger partial charge in [-0.1, -0.05) is 0 Å². The lowest BCUT2D eigenvalue weighted by atomic mass is 10.3. The summed E-state index contributed by atoms with van der Waals surface area (Å²) in [7, 11) is 1.81. The molecular formula is C12H14N4O2. The van der Waals surface area contributed by atoms with Crippen LogP contribution in [0.2, 0.25) is 0 Å². The van der Waals surface area contributed by atoms with E-state index in [0.29, 0.717) is 12.1 Å². The zero-order chi connectivity index (χ0) is 13.1. The second-order valence-electron chi connectivity index (χ2n) is 3.99. The molecule has 0 saturated carbocycles. The molecule has 0 saturated heterocycles. The molecule has 0 aliphatic carbocycles. The zero-order valence-electron chi connectivity index (χ0n) is 10.2. The van der Waals surface area contributed by atoms with Crippen molar-refractivity contribution in [3.63, 3.8) is 0 Å². The summed E-state index contributed by atoms with van der Waals surface area (Å²) in [5, 5.41) is 3.00. The number of H-pyrrole nitrogens is 1. The van der Waals surface area contributed by atoms with Crippen molar-refractivity contribution in [2.24, 2.45) is 0 Å². The number of aromatic amines is 1. The molecule has 2 aromatic rings. The van der Waals surface area contributed by atoms with Gasteiger partial charge in [-0.3, -0.25) is 19.3 Å². The highest BCUT2D eigenvalue weighted by Gasteiger charge is 2.03. The van der Waals surface area contributed by atoms with Crippen LogP contribution in [0, 0.1) is 6.92 Å². The summed E-state index contributed by atoms with van der Waals surface area (Å²) in [4.78, 5) is 29.3. The van der Waals surface area contributed by atoms with E-state index < -0.39 is 5.69 Å². The largest absolute Gasteiger partial charge is 0.388 e. The van der Waals surface area contributed by atoms with Crippen LogP contribution in [0.25, 0.3) is 0 Å². The number of nitrogens with one attached hydrogen (secondary N) is 2. The van der Waals surface area contributed by atoms with E-state index in [1.54, 1.807) is 13.1 Å². The van der Waals surface area contributed by atoms with Gasteiger partial charge in [0.05, 0.1) is 12.2 Å². The van der Waals surface area contributed by atoms with Gasteiger partial charge in [-0.15, -0.1) is 0 Å². The predicted octanol–water partition coefficient (Wildman–Crippen LogP) is 0.330. The number of nitrogens with zero attached hydrogens (tertiary/aromatic N) is 2. The minimum absolute atomic E-state index is 0.325. The van der Waals surface area contributed by atoms with Crippen LogP contribution in [0.3, 0.4) is 0 Å². The van der Waals surface area contributed by atoms with E-state index in [1.165, 1.54) is 10.8 Å². The highest BCUT2D eigenvalue weighted by molar-refractivity contribution is 5.42. The fourth-order valence-corrected chi connectivity index (χ4v) is 1.63. The number of aromatic nitrogens is 3. The Labute approximate surface area is 103 Å². The summed E-state index contributed by atoms with van der Waals surface area (Å²) in [6.45, 7) is 1.98. The number of pyridine rings is 1. The lowest BCUT2D eigenvalue weighted by Crippen LogP contribution is -2.31. The molecule has 0 spiro atoms. The molecule has 0 bridgehead atoms. The monoisotopic (exact) mass is 246 g/mol. The third kappa shape index (κ3) is 2.48. The predicted molar refractivity (Wildman–Crippen MR) is 68.9 cm³/mol. The van der Waals surface area contributed by atoms with E-state index in [4.69, 9.17) is 0 Å². The number of aryl methyl sites for hydroxylation is 1. The molecule has 0 atom stereocenters. The average Bonchev–Trinajstić information content (AvgIpc) is 2.36. The molecule has 0 unspecified atom stereocenters. The van der Waals surface area contributed by atoms with Gasteiger partial charge < -0.3 is 5.32 Å². The molecule has 0 radical (unpaired) electrons. The van der Waals surface area contributed by atoms with Gasteiger partial charge >= 0.3 is 5.69 Å². The number of anilines is 1. The second-order valence-corrected chi connectivity index (χ2v) is 3.99. The maximum absolute atomic E-state index is 11.6. The van der Waals surface area contributed by atoms with Crippen LogP contribution in [-0.2, 0) is 6.54 Å². The average molecular weight is 246 g/mol. The van der Waals surface area contributed by atoms with Crippen molar-refractivity contribution in [2.75, 3.05) is 12.4 Å². The first-order valence-electron chi connectivity index (χ1n) is 5.53. The van der Waals surface area contributed by atoms with Crippen LogP contribution in [0.5, 0.6) is 0 Å². The van der Waals surface area contributed by atoms with Gasteiger partial charge in [0.1, 0.15) is 0 Å². The number of hydrogen-bond acceptors (Lipinski definition) is 4. The Hall–Kier alpha value is -2.37. The van der Waals surface area contributed by atoms with Crippen molar-refractivity contribution in [2.45, 2.75) is 13.5 Å². The van der Waals surface area contributed by atoms with Gasteiger partial charge in [-0.05, 0) is 19.1 Å². The Bertz CT molecular complexity index is 672. The van der Waals surface area contributed by atoms with E-state index in [1.807, 2.05) is 19.2 Å². The third-order valence-electron chi connectivity index (χ3n) is 2.63. The fourth-order valence-electron chi connectivity index (χ4n) is 1.63. The molecule has 2 rings (SSSR count). The molecule has 0 aliphatic rings. The van der Waals surface area contributed by atoms with Crippen LogP contribution in [-0.4, -0.2) is 21.6 Å². The lowest BCUT2D eigenvalue weighted by Gasteiger charge is -2.07. The molecule has 2 N–H and O–H groups in total. The molecule has 0 fully saturated rings. The van der Waals surface area contributed by atoms with E-state index in [-0.39, 0.29) is 5.56 Å². The Balaban J connectivity index is 2.36. The van der Waals surface area contributed by atoms with Crippen molar-refractivity contribution in [1.82, 2.24) is 14.5 Å². The van der Waals surface area contributed by atoms with Crippen molar-refractivity contribution in [3.05, 3.63) is 56.6 Å². The van der Waals surface area contributed by atoms with E-state index in [0.717, 1.165) is 11.4 Å². The van der Waals surface area contributed by atoms with E-state index in [9.17, 15) is 9.59 Å². The van der Waals surface area contributed by atoms with Crippen molar-refractivity contribution >= 4 is 5.69 Å². The zero-order valence-corrected chi connectivity index (χ0v) is 10.2. The van der Waals surface area contributed by atoms with Crippen LogP contribution >= 0.6 is 0 Å². The summed E-state index contributed by atoms with van der Waals surface area (Å²) >= 11 is 0. The van der Waals surface area contributed by atoms with Crippen molar-refractivity contribution < 1.29 is 0 Å². The van der Waals surface area contributed by atoms with Crippen LogP contribution < -0.4 is 16.6 Å². The quantitative estimate of drug-likeness (QED) is 0.818. The summed E-state index contributed by atoms with van der Waals surface area (Å²) in [5.41, 5.74) is 1.39. The lowest BCUT2D eigenvalue weighted by molar-refractivity contribution is 0.699. The molecule has 18 heavy (non-hydrogen) atoms. The molecule has 6 heteroatoms. The number of hydrogen-bond donors (Lipinski definition) is 2. The van der Waals surface area contributed by atoms with Gasteiger partial charge in [0.15, 0.2) is 0 Å². The maximum Gasteiger partial charge on any atom is 0.328 e. The molecule has 0 aliphatic heterocycles. The van der Waals surface area contributed by atoms with Crippen molar-refractivity contribution in [3.8, 4) is 0 Å². The highest BCUT2D eigenvalue weighted by Crippen LogP contribution is 2.07. The van der Waals surface area contributed by atoms with Gasteiger partial charge in [0.25, 0.3) is 5.56 Å². The minimum Gasteiger partial charge on any atom is -0.388 e. The summed E-state index contributed by atoms with van der Waals surface area (Å²) in [6, 6.07) is 3.69. The normalized spacial score (nSPS) is 10.3. The minimum atomic E-state index is -0.428. The topological polar surface area (TPSA) is 79.8 Å². The first kappa shape index (κ1) is 12.1. The van der Waals surface area contributed by atoms with Crippen LogP contribution in [0.4, 0.5) is 5.69 Å². The first-order valence-corrected chi connectivity index (χ1v) is 5.53. The standard InChI is InChI=1S/C12H14N4O2/c1-8-6-16(12(18)15-11(8)17)7-10-5-9(13-2)3-4-14-10/h3-6H,7H2,1-2H3,(H,13,14)(H,15,17,18).